The molecule has 3 fully saturated rings. The van der Waals surface area contributed by atoms with Gasteiger partial charge >= 0.3 is 0 Å². The van der Waals surface area contributed by atoms with Gasteiger partial charge < -0.3 is 10.6 Å². The highest BCUT2D eigenvalue weighted by Gasteiger charge is 2.85. The van der Waals surface area contributed by atoms with Gasteiger partial charge in [0.05, 0.1) is 6.04 Å². The second kappa shape index (κ2) is 5.23. The van der Waals surface area contributed by atoms with E-state index in [0.717, 1.165) is 6.42 Å². The third-order valence-electron chi connectivity index (χ3n) is 7.77. The summed E-state index contributed by atoms with van der Waals surface area (Å²) >= 11 is 1.24. The molecule has 24 heavy (non-hydrogen) atoms. The van der Waals surface area contributed by atoms with E-state index in [1.54, 1.807) is 0 Å². The zero-order valence-electron chi connectivity index (χ0n) is 15.9. The summed E-state index contributed by atoms with van der Waals surface area (Å²) in [5.74, 6) is -0.0519. The number of rotatable bonds is 2. The van der Waals surface area contributed by atoms with Crippen molar-refractivity contribution >= 4 is 22.8 Å². The fourth-order valence-corrected chi connectivity index (χ4v) is 6.21. The molecule has 0 radical (unpaired) electrons. The van der Waals surface area contributed by atoms with Crippen LogP contribution in [-0.4, -0.2) is 40.8 Å². The lowest BCUT2D eigenvalue weighted by Crippen LogP contribution is -2.53. The van der Waals surface area contributed by atoms with Gasteiger partial charge in [0.2, 0.25) is 11.0 Å². The Morgan fingerprint density at radius 1 is 1.21 bits per heavy atom. The Morgan fingerprint density at radius 2 is 1.79 bits per heavy atom. The van der Waals surface area contributed by atoms with Gasteiger partial charge in [0.25, 0.3) is 0 Å². The number of thioether (sulfide) groups is 1. The first-order chi connectivity index (χ1) is 11.0. The summed E-state index contributed by atoms with van der Waals surface area (Å²) in [5.41, 5.74) is 6.64. The van der Waals surface area contributed by atoms with Crippen molar-refractivity contribution in [3.05, 3.63) is 0 Å². The molecule has 5 heteroatoms. The van der Waals surface area contributed by atoms with E-state index >= 15 is 0 Å². The van der Waals surface area contributed by atoms with Gasteiger partial charge in [-0.05, 0) is 41.8 Å². The van der Waals surface area contributed by atoms with E-state index in [2.05, 4.69) is 13.8 Å². The fourth-order valence-electron chi connectivity index (χ4n) is 5.73. The van der Waals surface area contributed by atoms with Crippen LogP contribution < -0.4 is 5.73 Å². The Kier molecular flexibility index (Phi) is 3.97. The molecule has 3 aliphatic rings. The predicted octanol–water partition coefficient (Wildman–Crippen LogP) is 3.05. The molecule has 2 aliphatic carbocycles. The fraction of sp³-hybridized carbons (Fsp3) is 0.895. The van der Waals surface area contributed by atoms with Crippen LogP contribution in [0.1, 0.15) is 60.3 Å². The number of nitrogens with zero attached hydrogens (tertiary/aromatic N) is 1. The zero-order chi connectivity index (χ0) is 18.1. The molecule has 1 heterocycles. The summed E-state index contributed by atoms with van der Waals surface area (Å²) in [5, 5.41) is 0.110. The Morgan fingerprint density at radius 3 is 2.17 bits per heavy atom. The van der Waals surface area contributed by atoms with E-state index in [0.29, 0.717) is 12.0 Å². The lowest BCUT2D eigenvalue weighted by Gasteiger charge is -2.33. The van der Waals surface area contributed by atoms with Crippen LogP contribution in [0.4, 0.5) is 0 Å². The second-order valence-electron chi connectivity index (χ2n) is 9.70. The lowest BCUT2D eigenvalue weighted by atomic mass is 9.73. The first kappa shape index (κ1) is 18.2. The normalized spacial score (nSPS) is 34.3. The van der Waals surface area contributed by atoms with Crippen LogP contribution in [0.5, 0.6) is 0 Å². The lowest BCUT2D eigenvalue weighted by molar-refractivity contribution is -0.138. The van der Waals surface area contributed by atoms with Crippen molar-refractivity contribution in [1.29, 1.82) is 0 Å². The average molecular weight is 353 g/mol. The van der Waals surface area contributed by atoms with Crippen molar-refractivity contribution in [3.8, 4) is 0 Å². The van der Waals surface area contributed by atoms with Gasteiger partial charge in [-0.25, -0.2) is 0 Å². The first-order valence-electron chi connectivity index (χ1n) is 9.09. The second-order valence-corrected chi connectivity index (χ2v) is 10.5. The highest BCUT2D eigenvalue weighted by Crippen LogP contribution is 2.88. The minimum absolute atomic E-state index is 0.0519. The van der Waals surface area contributed by atoms with E-state index < -0.39 is 6.04 Å². The maximum Gasteiger partial charge on any atom is 0.240 e. The molecular weight excluding hydrogens is 320 g/mol. The van der Waals surface area contributed by atoms with Crippen molar-refractivity contribution in [2.24, 2.45) is 27.4 Å². The van der Waals surface area contributed by atoms with Gasteiger partial charge in [0.1, 0.15) is 6.04 Å². The van der Waals surface area contributed by atoms with Crippen molar-refractivity contribution in [3.63, 3.8) is 0 Å². The van der Waals surface area contributed by atoms with Gasteiger partial charge in [-0.15, -0.1) is 0 Å². The number of hydrogen-bond acceptors (Lipinski definition) is 4. The van der Waals surface area contributed by atoms with Gasteiger partial charge in [-0.2, -0.15) is 0 Å². The minimum atomic E-state index is -0.566. The highest BCUT2D eigenvalue weighted by molar-refractivity contribution is 8.13. The number of amides is 1. The van der Waals surface area contributed by atoms with Crippen LogP contribution in [0, 0.1) is 21.7 Å². The summed E-state index contributed by atoms with van der Waals surface area (Å²) in [6.45, 7) is 11.3. The smallest absolute Gasteiger partial charge is 0.240 e. The molecule has 1 aliphatic heterocycles. The molecule has 1 saturated heterocycles. The van der Waals surface area contributed by atoms with Gasteiger partial charge in [-0.1, -0.05) is 52.8 Å². The maximum atomic E-state index is 13.1. The zero-order valence-corrected chi connectivity index (χ0v) is 16.8. The predicted molar refractivity (Wildman–Crippen MR) is 98.6 cm³/mol. The van der Waals surface area contributed by atoms with E-state index in [4.69, 9.17) is 5.73 Å². The van der Waals surface area contributed by atoms with Crippen molar-refractivity contribution in [1.82, 2.24) is 4.90 Å². The summed E-state index contributed by atoms with van der Waals surface area (Å²) in [6, 6.07) is -0.871. The van der Waals surface area contributed by atoms with Gasteiger partial charge in [-0.3, -0.25) is 9.59 Å². The third-order valence-corrected chi connectivity index (χ3v) is 8.44. The molecule has 2 N–H and O–H groups in total. The summed E-state index contributed by atoms with van der Waals surface area (Å²) in [4.78, 5) is 27.5. The number of nitrogens with two attached hydrogens (primary N) is 1. The van der Waals surface area contributed by atoms with Crippen LogP contribution >= 0.6 is 11.8 Å². The van der Waals surface area contributed by atoms with Gasteiger partial charge in [0, 0.05) is 12.0 Å². The first-order valence-corrected chi connectivity index (χ1v) is 10.3. The number of likely N-dealkylation sites (tertiary alicyclic amines) is 1. The van der Waals surface area contributed by atoms with Crippen molar-refractivity contribution in [2.75, 3.05) is 12.8 Å². The monoisotopic (exact) mass is 352 g/mol. The molecule has 0 aromatic rings. The van der Waals surface area contributed by atoms with Crippen LogP contribution in [0.2, 0.25) is 0 Å². The number of fused-ring (bicyclic) bond motifs is 1. The van der Waals surface area contributed by atoms with Crippen molar-refractivity contribution < 1.29 is 9.59 Å². The van der Waals surface area contributed by atoms with E-state index in [1.165, 1.54) is 31.0 Å². The number of carbonyl (C=O) groups is 2. The summed E-state index contributed by atoms with van der Waals surface area (Å²) in [6.07, 6.45) is 6.40. The Labute approximate surface area is 150 Å². The SMILES string of the molecule is CSC(=O)C1C[C@@]2(CN1C(=O)[C@@H](N)C(C)(C)C)C(C)(C)C21CCC1. The molecule has 1 amide bonds. The van der Waals surface area contributed by atoms with Crippen LogP contribution in [0.3, 0.4) is 0 Å². The van der Waals surface area contributed by atoms with E-state index in [9.17, 15) is 9.59 Å². The molecule has 0 aromatic heterocycles. The molecule has 0 bridgehead atoms. The molecule has 2 spiro atoms. The van der Waals surface area contributed by atoms with Crippen molar-refractivity contribution in [2.45, 2.75) is 72.4 Å². The molecule has 3 atom stereocenters. The van der Waals surface area contributed by atoms with Crippen LogP contribution in [-0.2, 0) is 9.59 Å². The Bertz CT molecular complexity index is 576. The molecular formula is C19H32N2O2S. The van der Waals surface area contributed by atoms with Crippen LogP contribution in [0.25, 0.3) is 0 Å². The molecule has 4 nitrogen and oxygen atoms in total. The molecule has 2 saturated carbocycles. The average Bonchev–Trinajstić information content (AvgIpc) is 2.71. The van der Waals surface area contributed by atoms with E-state index in [-0.39, 0.29) is 33.3 Å². The van der Waals surface area contributed by atoms with Gasteiger partial charge in [0.15, 0.2) is 0 Å². The quantitative estimate of drug-likeness (QED) is 0.830. The topological polar surface area (TPSA) is 63.4 Å². The molecule has 1 unspecified atom stereocenters. The minimum Gasteiger partial charge on any atom is -0.330 e. The highest BCUT2D eigenvalue weighted by atomic mass is 32.2. The molecule has 3 rings (SSSR count). The summed E-state index contributed by atoms with van der Waals surface area (Å²) < 4.78 is 0. The van der Waals surface area contributed by atoms with E-state index in [1.807, 2.05) is 31.9 Å². The van der Waals surface area contributed by atoms with Crippen LogP contribution in [0.15, 0.2) is 0 Å². The molecule has 0 aromatic carbocycles. The number of carbonyl (C=O) groups excluding carboxylic acids is 2. The largest absolute Gasteiger partial charge is 0.330 e. The third kappa shape index (κ3) is 2.03. The number of hydrogen-bond donors (Lipinski definition) is 1. The molecule has 136 valence electrons. The summed E-state index contributed by atoms with van der Waals surface area (Å²) in [7, 11) is 0. The standard InChI is InChI=1S/C19H32N2O2S/c1-16(2,3)13(20)14(22)21-11-19(10-12(21)15(23)24-6)17(4,5)18(19)8-7-9-18/h12-13H,7-11,20H2,1-6H3/t12?,13-,19-/m1/s1. The maximum absolute atomic E-state index is 13.1. The Hall–Kier alpha value is -0.550. The Balaban J connectivity index is 1.91.